The lowest BCUT2D eigenvalue weighted by Gasteiger charge is -2.34. The van der Waals surface area contributed by atoms with Crippen LogP contribution >= 0.6 is 0 Å². The van der Waals surface area contributed by atoms with E-state index >= 15 is 0 Å². The van der Waals surface area contributed by atoms with Gasteiger partial charge in [-0.2, -0.15) is 13.2 Å². The second-order valence-corrected chi connectivity index (χ2v) is 5.18. The zero-order valence-corrected chi connectivity index (χ0v) is 11.5. The van der Waals surface area contributed by atoms with Crippen LogP contribution in [-0.2, 0) is 9.53 Å². The van der Waals surface area contributed by atoms with E-state index in [1.807, 2.05) is 0 Å². The Balaban J connectivity index is 2.81. The lowest BCUT2D eigenvalue weighted by atomic mass is 9.97. The Labute approximate surface area is 111 Å². The second kappa shape index (κ2) is 6.59. The third-order valence-corrected chi connectivity index (χ3v) is 3.60. The van der Waals surface area contributed by atoms with Crippen molar-refractivity contribution in [1.82, 2.24) is 5.32 Å². The maximum Gasteiger partial charge on any atom is 0.417 e. The van der Waals surface area contributed by atoms with Crippen LogP contribution in [0.2, 0.25) is 0 Å². The molecule has 3 nitrogen and oxygen atoms in total. The molecule has 1 aliphatic carbocycles. The van der Waals surface area contributed by atoms with E-state index in [-0.39, 0.29) is 12.6 Å². The smallest absolute Gasteiger partial charge is 0.417 e. The third-order valence-electron chi connectivity index (χ3n) is 3.60. The topological polar surface area (TPSA) is 38.3 Å². The molecule has 1 rings (SSSR count). The van der Waals surface area contributed by atoms with E-state index in [1.165, 1.54) is 6.92 Å². The first kappa shape index (κ1) is 16.3. The van der Waals surface area contributed by atoms with Crippen molar-refractivity contribution in [3.05, 3.63) is 0 Å². The molecule has 0 amide bonds. The normalized spacial score (nSPS) is 21.5. The minimum absolute atomic E-state index is 0.0587. The van der Waals surface area contributed by atoms with Crippen molar-refractivity contribution in [2.24, 2.45) is 0 Å². The number of ether oxygens (including phenoxy) is 1. The minimum Gasteiger partial charge on any atom is -0.464 e. The standard InChI is InChI=1S/C13H22F3NO2/c1-3-19-11(18)12(2,13(14,15)16)17-10-8-6-4-5-7-9-10/h10,17H,3-9H2,1-2H3. The maximum absolute atomic E-state index is 13.2. The summed E-state index contributed by atoms with van der Waals surface area (Å²) in [6.45, 7) is 2.31. The molecule has 0 heterocycles. The molecule has 6 heteroatoms. The number of esters is 1. The third kappa shape index (κ3) is 4.09. The lowest BCUT2D eigenvalue weighted by Crippen LogP contribution is -2.63. The lowest BCUT2D eigenvalue weighted by molar-refractivity contribution is -0.211. The zero-order chi connectivity index (χ0) is 14.5. The van der Waals surface area contributed by atoms with Crippen LogP contribution in [0.15, 0.2) is 0 Å². The van der Waals surface area contributed by atoms with Gasteiger partial charge in [0.15, 0.2) is 0 Å². The number of alkyl halides is 3. The van der Waals surface area contributed by atoms with Gasteiger partial charge >= 0.3 is 12.1 Å². The molecule has 1 N–H and O–H groups in total. The van der Waals surface area contributed by atoms with Gasteiger partial charge in [0, 0.05) is 6.04 Å². The second-order valence-electron chi connectivity index (χ2n) is 5.18. The van der Waals surface area contributed by atoms with Crippen molar-refractivity contribution in [3.8, 4) is 0 Å². The van der Waals surface area contributed by atoms with E-state index in [4.69, 9.17) is 0 Å². The summed E-state index contributed by atoms with van der Waals surface area (Å²) in [6.07, 6.45) is 0.561. The van der Waals surface area contributed by atoms with Crippen LogP contribution in [-0.4, -0.2) is 30.3 Å². The molecule has 1 aliphatic rings. The summed E-state index contributed by atoms with van der Waals surface area (Å²) in [5.74, 6) is -1.24. The van der Waals surface area contributed by atoms with E-state index in [2.05, 4.69) is 10.1 Å². The van der Waals surface area contributed by atoms with Crippen LogP contribution in [0.3, 0.4) is 0 Å². The molecule has 1 fully saturated rings. The number of carbonyl (C=O) groups is 1. The molecule has 0 aromatic rings. The maximum atomic E-state index is 13.2. The van der Waals surface area contributed by atoms with E-state index in [9.17, 15) is 18.0 Å². The van der Waals surface area contributed by atoms with Gasteiger partial charge in [0.2, 0.25) is 5.54 Å². The highest BCUT2D eigenvalue weighted by Crippen LogP contribution is 2.33. The summed E-state index contributed by atoms with van der Waals surface area (Å²) in [5.41, 5.74) is -2.61. The molecule has 1 atom stereocenters. The molecule has 112 valence electrons. The fraction of sp³-hybridized carbons (Fsp3) is 0.923. The molecule has 0 saturated heterocycles. The van der Waals surface area contributed by atoms with Crippen LogP contribution in [0.5, 0.6) is 0 Å². The Kier molecular flexibility index (Phi) is 5.64. The molecule has 0 aromatic carbocycles. The first-order valence-corrected chi connectivity index (χ1v) is 6.83. The summed E-state index contributed by atoms with van der Waals surface area (Å²) in [6, 6.07) is -0.279. The Morgan fingerprint density at radius 3 is 2.16 bits per heavy atom. The zero-order valence-electron chi connectivity index (χ0n) is 11.5. The van der Waals surface area contributed by atoms with Crippen LogP contribution in [0.25, 0.3) is 0 Å². The minimum atomic E-state index is -4.66. The number of hydrogen-bond acceptors (Lipinski definition) is 3. The van der Waals surface area contributed by atoms with Gasteiger partial charge in [0.25, 0.3) is 0 Å². The van der Waals surface area contributed by atoms with Crippen molar-refractivity contribution in [1.29, 1.82) is 0 Å². The molecule has 0 bridgehead atoms. The van der Waals surface area contributed by atoms with E-state index in [1.54, 1.807) is 0 Å². The van der Waals surface area contributed by atoms with Crippen molar-refractivity contribution in [2.75, 3.05) is 6.61 Å². The van der Waals surface area contributed by atoms with Gasteiger partial charge in [-0.15, -0.1) is 0 Å². The first-order chi connectivity index (χ1) is 8.81. The molecule has 0 radical (unpaired) electrons. The highest BCUT2D eigenvalue weighted by atomic mass is 19.4. The Morgan fingerprint density at radius 1 is 1.21 bits per heavy atom. The Bertz CT molecular complexity index is 299. The predicted molar refractivity (Wildman–Crippen MR) is 65.7 cm³/mol. The van der Waals surface area contributed by atoms with Gasteiger partial charge in [0.05, 0.1) is 6.61 Å². The van der Waals surface area contributed by atoms with E-state index < -0.39 is 17.7 Å². The Morgan fingerprint density at radius 2 is 1.74 bits per heavy atom. The van der Waals surface area contributed by atoms with Crippen LogP contribution in [0.4, 0.5) is 13.2 Å². The van der Waals surface area contributed by atoms with Gasteiger partial charge in [-0.05, 0) is 26.7 Å². The molecule has 1 unspecified atom stereocenters. The average Bonchev–Trinajstić information content (AvgIpc) is 2.56. The number of nitrogens with one attached hydrogen (secondary N) is 1. The predicted octanol–water partition coefficient (Wildman–Crippen LogP) is 3.18. The fourth-order valence-electron chi connectivity index (χ4n) is 2.36. The highest BCUT2D eigenvalue weighted by Gasteiger charge is 2.58. The number of hydrogen-bond donors (Lipinski definition) is 1. The summed E-state index contributed by atoms with van der Waals surface area (Å²) in [7, 11) is 0. The molecule has 1 saturated carbocycles. The van der Waals surface area contributed by atoms with Crippen molar-refractivity contribution in [3.63, 3.8) is 0 Å². The Hall–Kier alpha value is -0.780. The summed E-state index contributed by atoms with van der Waals surface area (Å²) in [4.78, 5) is 11.7. The summed E-state index contributed by atoms with van der Waals surface area (Å²) in [5, 5.41) is 2.50. The quantitative estimate of drug-likeness (QED) is 0.635. The highest BCUT2D eigenvalue weighted by molar-refractivity contribution is 5.81. The average molecular weight is 281 g/mol. The summed E-state index contributed by atoms with van der Waals surface area (Å²) >= 11 is 0. The van der Waals surface area contributed by atoms with Crippen LogP contribution in [0, 0.1) is 0 Å². The SMILES string of the molecule is CCOC(=O)C(C)(NC1CCCCCC1)C(F)(F)F. The number of carbonyl (C=O) groups excluding carboxylic acids is 1. The number of halogens is 3. The molecule has 0 aliphatic heterocycles. The van der Waals surface area contributed by atoms with E-state index in [0.29, 0.717) is 12.8 Å². The van der Waals surface area contributed by atoms with Gasteiger partial charge < -0.3 is 4.74 Å². The van der Waals surface area contributed by atoms with Crippen molar-refractivity contribution < 1.29 is 22.7 Å². The van der Waals surface area contributed by atoms with Crippen molar-refractivity contribution >= 4 is 5.97 Å². The molecule has 0 spiro atoms. The van der Waals surface area contributed by atoms with Crippen LogP contribution in [0.1, 0.15) is 52.4 Å². The molecular weight excluding hydrogens is 259 g/mol. The monoisotopic (exact) mass is 281 g/mol. The van der Waals surface area contributed by atoms with Crippen molar-refractivity contribution in [2.45, 2.75) is 70.1 Å². The summed E-state index contributed by atoms with van der Waals surface area (Å²) < 4.78 is 44.1. The molecule has 0 aromatic heterocycles. The van der Waals surface area contributed by atoms with Gasteiger partial charge in [-0.25, -0.2) is 4.79 Å². The molecule has 19 heavy (non-hydrogen) atoms. The van der Waals surface area contributed by atoms with Gasteiger partial charge in [-0.3, -0.25) is 5.32 Å². The number of rotatable bonds is 4. The fourth-order valence-corrected chi connectivity index (χ4v) is 2.36. The van der Waals surface area contributed by atoms with Crippen LogP contribution < -0.4 is 5.32 Å². The van der Waals surface area contributed by atoms with Gasteiger partial charge in [0.1, 0.15) is 0 Å². The van der Waals surface area contributed by atoms with E-state index in [0.717, 1.165) is 32.6 Å². The first-order valence-electron chi connectivity index (χ1n) is 6.83. The van der Waals surface area contributed by atoms with Gasteiger partial charge in [-0.1, -0.05) is 25.7 Å². The molecular formula is C13H22F3NO2. The largest absolute Gasteiger partial charge is 0.464 e.